The van der Waals surface area contributed by atoms with Crippen LogP contribution in [-0.4, -0.2) is 10.4 Å². The normalized spacial score (nSPS) is 13.4. The largest absolute Gasteiger partial charge is 0.368 e. The van der Waals surface area contributed by atoms with E-state index in [4.69, 9.17) is 12.2 Å². The molecular formula is C6H13NS2. The van der Waals surface area contributed by atoms with Gasteiger partial charge in [-0.1, -0.05) is 26.1 Å². The highest BCUT2D eigenvalue weighted by Gasteiger charge is 2.04. The van der Waals surface area contributed by atoms with E-state index in [9.17, 15) is 0 Å². The van der Waals surface area contributed by atoms with Crippen LogP contribution in [0.15, 0.2) is 0 Å². The van der Waals surface area contributed by atoms with Gasteiger partial charge in [-0.2, -0.15) is 0 Å². The number of hydrogen-bond donors (Lipinski definition) is 2. The van der Waals surface area contributed by atoms with Crippen molar-refractivity contribution in [1.82, 2.24) is 5.32 Å². The molecule has 0 aliphatic carbocycles. The van der Waals surface area contributed by atoms with Gasteiger partial charge in [-0.15, -0.1) is 12.6 Å². The molecule has 0 aromatic carbocycles. The Morgan fingerprint density at radius 2 is 1.89 bits per heavy atom. The first-order chi connectivity index (χ1) is 4.04. The molecule has 1 unspecified atom stereocenters. The molecule has 1 nitrogen and oxygen atoms in total. The van der Waals surface area contributed by atoms with Crippen LogP contribution in [0.25, 0.3) is 0 Å². The van der Waals surface area contributed by atoms with E-state index in [0.29, 0.717) is 16.3 Å². The van der Waals surface area contributed by atoms with Gasteiger partial charge >= 0.3 is 0 Å². The monoisotopic (exact) mass is 163 g/mol. The first kappa shape index (κ1) is 9.24. The van der Waals surface area contributed by atoms with E-state index in [1.165, 1.54) is 0 Å². The van der Waals surface area contributed by atoms with Gasteiger partial charge in [0.2, 0.25) is 0 Å². The second-order valence-corrected chi connectivity index (χ2v) is 3.64. The molecule has 0 bridgehead atoms. The molecule has 54 valence electrons. The molecule has 0 heterocycles. The number of thiocarbonyl (C=S) groups is 1. The lowest BCUT2D eigenvalue weighted by atomic mass is 10.1. The smallest absolute Gasteiger partial charge is 0.130 e. The molecule has 1 N–H and O–H groups in total. The van der Waals surface area contributed by atoms with Crippen LogP contribution in [0, 0.1) is 5.92 Å². The first-order valence-corrected chi connectivity index (χ1v) is 3.89. The Kier molecular flexibility index (Phi) is 4.23. The summed E-state index contributed by atoms with van der Waals surface area (Å²) in [5, 5.41) is 3.04. The third-order valence-corrected chi connectivity index (χ3v) is 1.60. The van der Waals surface area contributed by atoms with Crippen molar-refractivity contribution in [3.05, 3.63) is 0 Å². The van der Waals surface area contributed by atoms with Crippen molar-refractivity contribution in [1.29, 1.82) is 0 Å². The third kappa shape index (κ3) is 4.73. The SMILES string of the molecule is CC(C)C(C)NC(=S)S. The molecule has 0 radical (unpaired) electrons. The van der Waals surface area contributed by atoms with Crippen LogP contribution in [-0.2, 0) is 0 Å². The summed E-state index contributed by atoms with van der Waals surface area (Å²) in [4.78, 5) is 0. The summed E-state index contributed by atoms with van der Waals surface area (Å²) in [5.41, 5.74) is 0. The quantitative estimate of drug-likeness (QED) is 0.476. The predicted octanol–water partition coefficient (Wildman–Crippen LogP) is 1.84. The van der Waals surface area contributed by atoms with Gasteiger partial charge in [0.1, 0.15) is 4.32 Å². The zero-order valence-corrected chi connectivity index (χ0v) is 7.72. The third-order valence-electron chi connectivity index (χ3n) is 1.35. The van der Waals surface area contributed by atoms with Crippen LogP contribution < -0.4 is 5.32 Å². The van der Waals surface area contributed by atoms with Crippen molar-refractivity contribution in [2.24, 2.45) is 5.92 Å². The van der Waals surface area contributed by atoms with Crippen molar-refractivity contribution in [3.8, 4) is 0 Å². The summed E-state index contributed by atoms with van der Waals surface area (Å²) < 4.78 is 0.580. The lowest BCUT2D eigenvalue weighted by Gasteiger charge is -2.16. The van der Waals surface area contributed by atoms with Crippen molar-refractivity contribution < 1.29 is 0 Å². The van der Waals surface area contributed by atoms with E-state index in [-0.39, 0.29) is 0 Å². The molecule has 0 aromatic rings. The highest BCUT2D eigenvalue weighted by atomic mass is 32.1. The highest BCUT2D eigenvalue weighted by molar-refractivity contribution is 8.11. The molecule has 1 atom stereocenters. The van der Waals surface area contributed by atoms with E-state index in [2.05, 4.69) is 38.7 Å². The standard InChI is InChI=1S/C6H13NS2/c1-4(2)5(3)7-6(8)9/h4-5H,1-3H3,(H2,7,8,9). The summed E-state index contributed by atoms with van der Waals surface area (Å²) in [7, 11) is 0. The van der Waals surface area contributed by atoms with E-state index in [1.807, 2.05) is 0 Å². The summed E-state index contributed by atoms with van der Waals surface area (Å²) in [5.74, 6) is 0.607. The van der Waals surface area contributed by atoms with Gasteiger partial charge < -0.3 is 5.32 Å². The molecule has 0 aliphatic rings. The topological polar surface area (TPSA) is 12.0 Å². The summed E-state index contributed by atoms with van der Waals surface area (Å²) in [6, 6.07) is 0.426. The fourth-order valence-corrected chi connectivity index (χ4v) is 0.751. The van der Waals surface area contributed by atoms with Gasteiger partial charge in [-0.25, -0.2) is 0 Å². The van der Waals surface area contributed by atoms with Crippen molar-refractivity contribution in [2.45, 2.75) is 26.8 Å². The van der Waals surface area contributed by atoms with E-state index in [0.717, 1.165) is 0 Å². The minimum absolute atomic E-state index is 0.426. The predicted molar refractivity (Wildman–Crippen MR) is 49.0 cm³/mol. The molecule has 3 heteroatoms. The Labute approximate surface area is 67.6 Å². The molecule has 0 saturated heterocycles. The maximum atomic E-state index is 4.74. The Bertz CT molecular complexity index is 101. The summed E-state index contributed by atoms with van der Waals surface area (Å²) in [6.07, 6.45) is 0. The molecule has 9 heavy (non-hydrogen) atoms. The Hall–Kier alpha value is 0.240. The Morgan fingerprint density at radius 1 is 1.44 bits per heavy atom. The van der Waals surface area contributed by atoms with Crippen LogP contribution in [0.5, 0.6) is 0 Å². The van der Waals surface area contributed by atoms with E-state index < -0.39 is 0 Å². The Balaban J connectivity index is 3.50. The number of hydrogen-bond acceptors (Lipinski definition) is 1. The number of rotatable bonds is 2. The van der Waals surface area contributed by atoms with Crippen molar-refractivity contribution in [2.75, 3.05) is 0 Å². The molecule has 0 amide bonds. The van der Waals surface area contributed by atoms with Crippen LogP contribution in [0.3, 0.4) is 0 Å². The maximum Gasteiger partial charge on any atom is 0.130 e. The minimum Gasteiger partial charge on any atom is -0.368 e. The molecule has 0 spiro atoms. The first-order valence-electron chi connectivity index (χ1n) is 3.03. The molecule has 0 aromatic heterocycles. The van der Waals surface area contributed by atoms with E-state index >= 15 is 0 Å². The van der Waals surface area contributed by atoms with Crippen molar-refractivity contribution in [3.63, 3.8) is 0 Å². The fraction of sp³-hybridized carbons (Fsp3) is 0.833. The molecule has 0 aliphatic heterocycles. The van der Waals surface area contributed by atoms with E-state index in [1.54, 1.807) is 0 Å². The van der Waals surface area contributed by atoms with Gasteiger partial charge in [-0.05, 0) is 12.8 Å². The molecular weight excluding hydrogens is 150 g/mol. The van der Waals surface area contributed by atoms with Gasteiger partial charge in [0, 0.05) is 6.04 Å². The second-order valence-electron chi connectivity index (χ2n) is 2.48. The maximum absolute atomic E-state index is 4.74. The lowest BCUT2D eigenvalue weighted by Crippen LogP contribution is -2.32. The summed E-state index contributed by atoms with van der Waals surface area (Å²) >= 11 is 8.70. The van der Waals surface area contributed by atoms with Crippen LogP contribution >= 0.6 is 24.8 Å². The molecule has 0 rings (SSSR count). The van der Waals surface area contributed by atoms with Gasteiger partial charge in [-0.3, -0.25) is 0 Å². The minimum atomic E-state index is 0.426. The Morgan fingerprint density at radius 3 is 2.00 bits per heavy atom. The average molecular weight is 163 g/mol. The number of nitrogens with one attached hydrogen (secondary N) is 1. The lowest BCUT2D eigenvalue weighted by molar-refractivity contribution is 0.492. The fourth-order valence-electron chi connectivity index (χ4n) is 0.361. The second kappa shape index (κ2) is 4.12. The van der Waals surface area contributed by atoms with Crippen LogP contribution in [0.2, 0.25) is 0 Å². The molecule has 0 saturated carbocycles. The van der Waals surface area contributed by atoms with Gasteiger partial charge in [0.05, 0.1) is 0 Å². The van der Waals surface area contributed by atoms with Crippen LogP contribution in [0.4, 0.5) is 0 Å². The zero-order chi connectivity index (χ0) is 7.44. The highest BCUT2D eigenvalue weighted by Crippen LogP contribution is 1.99. The molecule has 0 fully saturated rings. The summed E-state index contributed by atoms with van der Waals surface area (Å²) in [6.45, 7) is 6.38. The van der Waals surface area contributed by atoms with Crippen LogP contribution in [0.1, 0.15) is 20.8 Å². The van der Waals surface area contributed by atoms with Gasteiger partial charge in [0.15, 0.2) is 0 Å². The average Bonchev–Trinajstić information content (AvgIpc) is 1.63. The van der Waals surface area contributed by atoms with Crippen molar-refractivity contribution >= 4 is 29.2 Å². The number of thiol groups is 1. The van der Waals surface area contributed by atoms with Gasteiger partial charge in [0.25, 0.3) is 0 Å². The zero-order valence-electron chi connectivity index (χ0n) is 6.01.